The number of carbonyl (C=O) groups excluding carboxylic acids is 1. The van der Waals surface area contributed by atoms with E-state index in [2.05, 4.69) is 27.2 Å². The molecule has 3 aromatic heterocycles. The number of hydrogen-bond donors (Lipinski definition) is 2. The van der Waals surface area contributed by atoms with Gasteiger partial charge in [0.15, 0.2) is 16.3 Å². The summed E-state index contributed by atoms with van der Waals surface area (Å²) >= 11 is 1.36. The average Bonchev–Trinajstić information content (AvgIpc) is 3.34. The SMILES string of the molecule is CCCCCn1c(CCC(=O)Nc2nccs2)nc2c1c(=O)[nH]c(=O)n2CCCC. The Labute approximate surface area is 178 Å². The van der Waals surface area contributed by atoms with Crippen LogP contribution in [0.4, 0.5) is 5.13 Å². The third kappa shape index (κ3) is 5.05. The maximum Gasteiger partial charge on any atom is 0.330 e. The second kappa shape index (κ2) is 10.3. The maximum atomic E-state index is 12.6. The predicted molar refractivity (Wildman–Crippen MR) is 118 cm³/mol. The molecule has 0 aliphatic carbocycles. The van der Waals surface area contributed by atoms with Gasteiger partial charge in [0.25, 0.3) is 5.56 Å². The molecule has 0 aromatic carbocycles. The summed E-state index contributed by atoms with van der Waals surface area (Å²) in [7, 11) is 0. The first-order valence-electron chi connectivity index (χ1n) is 10.5. The van der Waals surface area contributed by atoms with Crippen molar-refractivity contribution < 1.29 is 4.79 Å². The molecule has 0 atom stereocenters. The number of fused-ring (bicyclic) bond motifs is 1. The third-order valence-electron chi connectivity index (χ3n) is 4.94. The number of H-pyrrole nitrogens is 1. The van der Waals surface area contributed by atoms with E-state index in [0.29, 0.717) is 41.6 Å². The van der Waals surface area contributed by atoms with Crippen LogP contribution in [0.5, 0.6) is 0 Å². The fourth-order valence-electron chi connectivity index (χ4n) is 3.39. The predicted octanol–water partition coefficient (Wildman–Crippen LogP) is 2.90. The number of unbranched alkanes of at least 4 members (excludes halogenated alkanes) is 3. The molecule has 0 aliphatic heterocycles. The van der Waals surface area contributed by atoms with Gasteiger partial charge in [-0.15, -0.1) is 11.3 Å². The molecule has 162 valence electrons. The van der Waals surface area contributed by atoms with Crippen LogP contribution < -0.4 is 16.6 Å². The Morgan fingerprint density at radius 2 is 1.90 bits per heavy atom. The minimum absolute atomic E-state index is 0.158. The molecular formula is C20H28N6O3S. The molecule has 0 radical (unpaired) electrons. The minimum Gasteiger partial charge on any atom is -0.322 e. The van der Waals surface area contributed by atoms with Crippen LogP contribution in [0.15, 0.2) is 21.2 Å². The molecule has 1 amide bonds. The van der Waals surface area contributed by atoms with Gasteiger partial charge in [-0.1, -0.05) is 33.1 Å². The van der Waals surface area contributed by atoms with Gasteiger partial charge in [-0.3, -0.25) is 19.1 Å². The number of aromatic nitrogens is 5. The molecule has 10 heteroatoms. The van der Waals surface area contributed by atoms with E-state index in [9.17, 15) is 14.4 Å². The standard InChI is InChI=1S/C20H28N6O3S/c1-3-5-7-12-25-14(8-9-15(27)23-19-21-10-13-30-19)22-17-16(25)18(28)24-20(29)26(17)11-6-4-2/h10,13H,3-9,11-12H2,1-2H3,(H,21,23,27)(H,24,28,29). The second-order valence-electron chi connectivity index (χ2n) is 7.21. The van der Waals surface area contributed by atoms with Crippen molar-refractivity contribution in [3.63, 3.8) is 0 Å². The lowest BCUT2D eigenvalue weighted by atomic mass is 10.2. The first-order valence-corrected chi connectivity index (χ1v) is 11.3. The van der Waals surface area contributed by atoms with Crippen LogP contribution in [0.3, 0.4) is 0 Å². The molecule has 0 saturated heterocycles. The zero-order valence-electron chi connectivity index (χ0n) is 17.4. The normalized spacial score (nSPS) is 11.3. The van der Waals surface area contributed by atoms with Crippen LogP contribution in [0.1, 0.15) is 58.2 Å². The van der Waals surface area contributed by atoms with Crippen LogP contribution in [-0.2, 0) is 24.3 Å². The van der Waals surface area contributed by atoms with Gasteiger partial charge < -0.3 is 9.88 Å². The van der Waals surface area contributed by atoms with Crippen LogP contribution in [0.25, 0.3) is 11.2 Å². The van der Waals surface area contributed by atoms with Crippen LogP contribution in [0, 0.1) is 0 Å². The van der Waals surface area contributed by atoms with Crippen molar-refractivity contribution in [3.05, 3.63) is 38.2 Å². The van der Waals surface area contributed by atoms with Crippen molar-refractivity contribution in [3.8, 4) is 0 Å². The summed E-state index contributed by atoms with van der Waals surface area (Å²) in [5.74, 6) is 0.492. The fraction of sp³-hybridized carbons (Fsp3) is 0.550. The van der Waals surface area contributed by atoms with E-state index in [1.165, 1.54) is 15.9 Å². The monoisotopic (exact) mass is 432 g/mol. The fourth-order valence-corrected chi connectivity index (χ4v) is 3.93. The Bertz CT molecular complexity index is 1100. The highest BCUT2D eigenvalue weighted by Crippen LogP contribution is 2.16. The van der Waals surface area contributed by atoms with E-state index in [1.807, 2.05) is 11.5 Å². The van der Waals surface area contributed by atoms with Gasteiger partial charge in [-0.25, -0.2) is 14.8 Å². The van der Waals surface area contributed by atoms with Crippen molar-refractivity contribution in [2.45, 2.75) is 71.9 Å². The Kier molecular flexibility index (Phi) is 7.56. The molecular weight excluding hydrogens is 404 g/mol. The topological polar surface area (TPSA) is 115 Å². The van der Waals surface area contributed by atoms with E-state index in [4.69, 9.17) is 0 Å². The first kappa shape index (κ1) is 21.9. The molecule has 3 rings (SSSR count). The maximum absolute atomic E-state index is 12.6. The molecule has 0 saturated carbocycles. The molecule has 0 unspecified atom stereocenters. The largest absolute Gasteiger partial charge is 0.330 e. The van der Waals surface area contributed by atoms with Gasteiger partial charge in [0.2, 0.25) is 5.91 Å². The summed E-state index contributed by atoms with van der Waals surface area (Å²) in [5, 5.41) is 5.12. The second-order valence-corrected chi connectivity index (χ2v) is 8.10. The molecule has 0 aliphatic rings. The van der Waals surface area contributed by atoms with Crippen LogP contribution >= 0.6 is 11.3 Å². The van der Waals surface area contributed by atoms with E-state index >= 15 is 0 Å². The van der Waals surface area contributed by atoms with Gasteiger partial charge in [-0.05, 0) is 12.8 Å². The zero-order chi connectivity index (χ0) is 21.5. The average molecular weight is 433 g/mol. The van der Waals surface area contributed by atoms with Crippen molar-refractivity contribution in [1.29, 1.82) is 0 Å². The van der Waals surface area contributed by atoms with Crippen molar-refractivity contribution in [1.82, 2.24) is 24.1 Å². The number of thiazole rings is 1. The summed E-state index contributed by atoms with van der Waals surface area (Å²) in [6.45, 7) is 5.29. The molecule has 2 N–H and O–H groups in total. The van der Waals surface area contributed by atoms with E-state index in [1.54, 1.807) is 11.6 Å². The number of carbonyl (C=O) groups is 1. The molecule has 30 heavy (non-hydrogen) atoms. The smallest absolute Gasteiger partial charge is 0.322 e. The molecule has 0 bridgehead atoms. The highest BCUT2D eigenvalue weighted by atomic mass is 32.1. The highest BCUT2D eigenvalue weighted by Gasteiger charge is 2.19. The Hall–Kier alpha value is -2.75. The van der Waals surface area contributed by atoms with E-state index in [0.717, 1.165) is 32.1 Å². The minimum atomic E-state index is -0.438. The summed E-state index contributed by atoms with van der Waals surface area (Å²) in [5.41, 5.74) is -0.0429. The molecule has 9 nitrogen and oxygen atoms in total. The van der Waals surface area contributed by atoms with Gasteiger partial charge in [0, 0.05) is 37.5 Å². The van der Waals surface area contributed by atoms with Gasteiger partial charge in [0.05, 0.1) is 0 Å². The third-order valence-corrected chi connectivity index (χ3v) is 5.63. The summed E-state index contributed by atoms with van der Waals surface area (Å²) < 4.78 is 3.41. The van der Waals surface area contributed by atoms with Gasteiger partial charge in [0.1, 0.15) is 5.82 Å². The van der Waals surface area contributed by atoms with Gasteiger partial charge >= 0.3 is 5.69 Å². The highest BCUT2D eigenvalue weighted by molar-refractivity contribution is 7.13. The Morgan fingerprint density at radius 1 is 1.13 bits per heavy atom. The number of amides is 1. The molecule has 3 heterocycles. The number of aryl methyl sites for hydroxylation is 3. The number of nitrogens with one attached hydrogen (secondary N) is 2. The van der Waals surface area contributed by atoms with E-state index in [-0.39, 0.29) is 12.3 Å². The van der Waals surface area contributed by atoms with Crippen molar-refractivity contribution in [2.75, 3.05) is 5.32 Å². The van der Waals surface area contributed by atoms with Crippen molar-refractivity contribution in [2.24, 2.45) is 0 Å². The lowest BCUT2D eigenvalue weighted by Gasteiger charge is -2.09. The molecule has 0 spiro atoms. The summed E-state index contributed by atoms with van der Waals surface area (Å²) in [6.07, 6.45) is 6.94. The molecule has 0 fully saturated rings. The number of nitrogens with zero attached hydrogens (tertiary/aromatic N) is 4. The zero-order valence-corrected chi connectivity index (χ0v) is 18.3. The number of rotatable bonds is 11. The number of anilines is 1. The Morgan fingerprint density at radius 3 is 2.60 bits per heavy atom. The van der Waals surface area contributed by atoms with Crippen LogP contribution in [0.2, 0.25) is 0 Å². The lowest BCUT2D eigenvalue weighted by molar-refractivity contribution is -0.116. The number of imidazole rings is 1. The van der Waals surface area contributed by atoms with Gasteiger partial charge in [-0.2, -0.15) is 0 Å². The quantitative estimate of drug-likeness (QED) is 0.452. The summed E-state index contributed by atoms with van der Waals surface area (Å²) in [6, 6.07) is 0. The number of hydrogen-bond acceptors (Lipinski definition) is 6. The lowest BCUT2D eigenvalue weighted by Crippen LogP contribution is -2.31. The first-order chi connectivity index (χ1) is 14.5. The molecule has 3 aromatic rings. The van der Waals surface area contributed by atoms with E-state index < -0.39 is 11.2 Å². The van der Waals surface area contributed by atoms with Crippen LogP contribution in [-0.4, -0.2) is 30.0 Å². The number of aromatic amines is 1. The summed E-state index contributed by atoms with van der Waals surface area (Å²) in [4.78, 5) is 48.4. The van der Waals surface area contributed by atoms with Crippen molar-refractivity contribution >= 4 is 33.5 Å². The Balaban J connectivity index is 1.93.